The molecule has 0 aliphatic heterocycles. The Morgan fingerprint density at radius 1 is 0.432 bits per heavy atom. The molecular formula is C30H28N2O2S2Se. The van der Waals surface area contributed by atoms with Gasteiger partial charge in [-0.25, -0.2) is 0 Å². The minimum atomic E-state index is -0.317. The predicted molar refractivity (Wildman–Crippen MR) is 155 cm³/mol. The summed E-state index contributed by atoms with van der Waals surface area (Å²) < 4.78 is 0. The second-order valence-electron chi connectivity index (χ2n) is 8.19. The fraction of sp³-hybridized carbons (Fsp3) is 0.133. The van der Waals surface area contributed by atoms with Crippen LogP contribution in [0, 0.1) is 0 Å². The van der Waals surface area contributed by atoms with Crippen LogP contribution in [0.2, 0.25) is 0 Å². The molecule has 4 radical (unpaired) electrons. The topological polar surface area (TPSA) is 52.6 Å². The summed E-state index contributed by atoms with van der Waals surface area (Å²) in [7, 11) is 0. The maximum absolute atomic E-state index is 11.5. The van der Waals surface area contributed by atoms with Crippen molar-refractivity contribution in [1.82, 2.24) is 9.80 Å². The number of hydrogen-bond acceptors (Lipinski definition) is 4. The summed E-state index contributed by atoms with van der Waals surface area (Å²) in [6.07, 6.45) is 0. The zero-order valence-electron chi connectivity index (χ0n) is 20.3. The van der Waals surface area contributed by atoms with Gasteiger partial charge in [-0.1, -0.05) is 146 Å². The Kier molecular flexibility index (Phi) is 13.4. The van der Waals surface area contributed by atoms with E-state index in [0.29, 0.717) is 26.2 Å². The Labute approximate surface area is 240 Å². The smallest absolute Gasteiger partial charge is 0.852 e. The van der Waals surface area contributed by atoms with Crippen LogP contribution in [0.5, 0.6) is 0 Å². The van der Waals surface area contributed by atoms with Crippen LogP contribution in [0.3, 0.4) is 0 Å². The van der Waals surface area contributed by atoms with Crippen molar-refractivity contribution in [2.75, 3.05) is 0 Å². The molecule has 4 rings (SSSR count). The van der Waals surface area contributed by atoms with E-state index in [0.717, 1.165) is 22.3 Å². The molecule has 0 aromatic heterocycles. The molecule has 0 aliphatic carbocycles. The minimum absolute atomic E-state index is 0. The molecule has 0 saturated carbocycles. The average Bonchev–Trinajstić information content (AvgIpc) is 2.91. The van der Waals surface area contributed by atoms with E-state index in [-0.39, 0.29) is 27.4 Å². The molecule has 4 aromatic rings. The van der Waals surface area contributed by atoms with Gasteiger partial charge in [0.05, 0.1) is 0 Å². The van der Waals surface area contributed by atoms with Gasteiger partial charge in [-0.2, -0.15) is 0 Å². The third-order valence-electron chi connectivity index (χ3n) is 5.38. The van der Waals surface area contributed by atoms with Gasteiger partial charge in [-0.3, -0.25) is 0 Å². The van der Waals surface area contributed by atoms with Crippen molar-refractivity contribution in [3.63, 3.8) is 0 Å². The van der Waals surface area contributed by atoms with Gasteiger partial charge in [0.25, 0.3) is 0 Å². The largest absolute Gasteiger partial charge is 2.00 e. The molecule has 0 saturated heterocycles. The van der Waals surface area contributed by atoms with Crippen LogP contribution in [0.1, 0.15) is 22.3 Å². The summed E-state index contributed by atoms with van der Waals surface area (Å²) in [4.78, 5) is 3.33. The van der Waals surface area contributed by atoms with Crippen molar-refractivity contribution in [2.24, 2.45) is 0 Å². The Bertz CT molecular complexity index is 1020. The fourth-order valence-electron chi connectivity index (χ4n) is 3.59. The average molecular weight is 592 g/mol. The SMILES string of the molecule is [O-]C(=S)N(Cc1ccccc1)Cc1ccccc1.[O-]C(=S)N(Cc1ccccc1)Cc1ccccc1.[Se+2]. The number of nitrogens with zero attached hydrogens (tertiary/aromatic N) is 2. The number of hydrogen-bond donors (Lipinski definition) is 0. The molecule has 0 N–H and O–H groups in total. The van der Waals surface area contributed by atoms with Crippen molar-refractivity contribution in [3.8, 4) is 0 Å². The van der Waals surface area contributed by atoms with Crippen molar-refractivity contribution in [3.05, 3.63) is 144 Å². The molecule has 7 heteroatoms. The van der Waals surface area contributed by atoms with Crippen molar-refractivity contribution in [1.29, 1.82) is 0 Å². The van der Waals surface area contributed by atoms with E-state index in [4.69, 9.17) is 24.4 Å². The van der Waals surface area contributed by atoms with E-state index in [2.05, 4.69) is 0 Å². The second-order valence-corrected chi connectivity index (χ2v) is 8.88. The van der Waals surface area contributed by atoms with E-state index >= 15 is 0 Å². The molecule has 37 heavy (non-hydrogen) atoms. The van der Waals surface area contributed by atoms with Crippen LogP contribution in [0.4, 0.5) is 0 Å². The van der Waals surface area contributed by atoms with Crippen molar-refractivity contribution in [2.45, 2.75) is 26.2 Å². The van der Waals surface area contributed by atoms with Gasteiger partial charge in [0.1, 0.15) is 0 Å². The molecule has 0 spiro atoms. The van der Waals surface area contributed by atoms with E-state index < -0.39 is 0 Å². The van der Waals surface area contributed by atoms with Crippen LogP contribution in [-0.2, 0) is 26.2 Å². The summed E-state index contributed by atoms with van der Waals surface area (Å²) in [5, 5.41) is 22.4. The molecule has 0 aliphatic rings. The Balaban J connectivity index is 0.000000253. The number of benzene rings is 4. The first-order chi connectivity index (χ1) is 17.5. The molecule has 0 unspecified atom stereocenters. The quantitative estimate of drug-likeness (QED) is 0.225. The van der Waals surface area contributed by atoms with Gasteiger partial charge < -0.3 is 20.0 Å². The molecule has 0 amide bonds. The van der Waals surface area contributed by atoms with Gasteiger partial charge in [-0.15, -0.1) is 0 Å². The van der Waals surface area contributed by atoms with Gasteiger partial charge in [0, 0.05) is 36.5 Å². The Hall–Kier alpha value is -3.22. The summed E-state index contributed by atoms with van der Waals surface area (Å²) in [5.41, 5.74) is 4.36. The fourth-order valence-corrected chi connectivity index (χ4v) is 3.84. The van der Waals surface area contributed by atoms with Gasteiger partial charge in [0.15, 0.2) is 0 Å². The normalized spacial score (nSPS) is 9.73. The Morgan fingerprint density at radius 3 is 0.784 bits per heavy atom. The molecule has 4 nitrogen and oxygen atoms in total. The number of rotatable bonds is 8. The van der Waals surface area contributed by atoms with Gasteiger partial charge >= 0.3 is 17.1 Å². The van der Waals surface area contributed by atoms with Crippen LogP contribution < -0.4 is 10.2 Å². The molecule has 0 heterocycles. The minimum Gasteiger partial charge on any atom is -0.852 e. The first kappa shape index (κ1) is 30.0. The standard InChI is InChI=1S/2C15H15NOS.Se/c2*17-15(18)16(11-13-7-3-1-4-8-13)12-14-9-5-2-6-10-14;/h2*1-10H,11-12H2,(H,17,18);/q;;+2/p-2. The van der Waals surface area contributed by atoms with Crippen molar-refractivity contribution >= 4 is 51.9 Å². The molecule has 4 aromatic carbocycles. The second kappa shape index (κ2) is 16.5. The van der Waals surface area contributed by atoms with Crippen LogP contribution >= 0.6 is 24.4 Å². The van der Waals surface area contributed by atoms with Crippen LogP contribution in [-0.4, -0.2) is 37.2 Å². The van der Waals surface area contributed by atoms with Gasteiger partial charge in [-0.05, 0) is 22.3 Å². The molecular weight excluding hydrogens is 563 g/mol. The zero-order valence-corrected chi connectivity index (χ0v) is 23.7. The summed E-state index contributed by atoms with van der Waals surface area (Å²) in [6.45, 7) is 2.21. The van der Waals surface area contributed by atoms with E-state index in [9.17, 15) is 10.2 Å². The third kappa shape index (κ3) is 11.1. The van der Waals surface area contributed by atoms with Crippen LogP contribution in [0.15, 0.2) is 121 Å². The first-order valence-electron chi connectivity index (χ1n) is 11.6. The van der Waals surface area contributed by atoms with Crippen molar-refractivity contribution < 1.29 is 10.2 Å². The summed E-state index contributed by atoms with van der Waals surface area (Å²) in [5.74, 6) is 0. The molecule has 0 atom stereocenters. The first-order valence-corrected chi connectivity index (χ1v) is 12.4. The Morgan fingerprint density at radius 2 is 0.622 bits per heavy atom. The van der Waals surface area contributed by atoms with E-state index in [1.165, 1.54) is 0 Å². The molecule has 0 fully saturated rings. The zero-order chi connectivity index (χ0) is 25.6. The van der Waals surface area contributed by atoms with Gasteiger partial charge in [0.2, 0.25) is 0 Å². The maximum atomic E-state index is 11.5. The van der Waals surface area contributed by atoms with E-state index in [1.54, 1.807) is 9.80 Å². The third-order valence-corrected chi connectivity index (χ3v) is 5.90. The maximum Gasteiger partial charge on any atom is 2.00 e. The summed E-state index contributed by atoms with van der Waals surface area (Å²) >= 11 is 9.57. The summed E-state index contributed by atoms with van der Waals surface area (Å²) in [6, 6.07) is 39.5. The van der Waals surface area contributed by atoms with Crippen LogP contribution in [0.25, 0.3) is 0 Å². The number of thiocarbonyl (C=S) groups is 2. The predicted octanol–water partition coefficient (Wildman–Crippen LogP) is 4.29. The monoisotopic (exact) mass is 592 g/mol. The van der Waals surface area contributed by atoms with E-state index in [1.807, 2.05) is 121 Å². The molecule has 188 valence electrons. The molecule has 0 bridgehead atoms.